The molecular formula is C34H22N4. The molecule has 38 heavy (non-hydrogen) atoms. The fourth-order valence-electron chi connectivity index (χ4n) is 5.74. The molecule has 4 nitrogen and oxygen atoms in total. The summed E-state index contributed by atoms with van der Waals surface area (Å²) in [6, 6.07) is 44.6. The van der Waals surface area contributed by atoms with Crippen LogP contribution >= 0.6 is 0 Å². The zero-order valence-electron chi connectivity index (χ0n) is 20.5. The fourth-order valence-corrected chi connectivity index (χ4v) is 5.74. The van der Waals surface area contributed by atoms with Gasteiger partial charge >= 0.3 is 0 Å². The molecule has 4 aromatic carbocycles. The minimum absolute atomic E-state index is 0.906. The number of nitrogens with zero attached hydrogens (tertiary/aromatic N) is 4. The van der Waals surface area contributed by atoms with E-state index in [9.17, 15) is 0 Å². The van der Waals surface area contributed by atoms with Crippen LogP contribution in [-0.2, 0) is 0 Å². The van der Waals surface area contributed by atoms with Gasteiger partial charge in [0.1, 0.15) is 11.0 Å². The van der Waals surface area contributed by atoms with Gasteiger partial charge < -0.3 is 9.13 Å². The lowest BCUT2D eigenvalue weighted by atomic mass is 10.0. The molecule has 0 saturated heterocycles. The molecule has 4 heteroatoms. The first-order valence-corrected chi connectivity index (χ1v) is 12.8. The molecule has 0 fully saturated rings. The molecule has 0 N–H and O–H groups in total. The van der Waals surface area contributed by atoms with Gasteiger partial charge in [0, 0.05) is 22.8 Å². The van der Waals surface area contributed by atoms with Gasteiger partial charge in [0.25, 0.3) is 0 Å². The van der Waals surface area contributed by atoms with Gasteiger partial charge in [0.15, 0.2) is 0 Å². The van der Waals surface area contributed by atoms with Gasteiger partial charge in [-0.15, -0.1) is 0 Å². The molecule has 0 radical (unpaired) electrons. The van der Waals surface area contributed by atoms with E-state index in [0.29, 0.717) is 0 Å². The highest BCUT2D eigenvalue weighted by Crippen LogP contribution is 2.38. The van der Waals surface area contributed by atoms with Crippen LogP contribution in [0.3, 0.4) is 0 Å². The molecule has 0 aliphatic heterocycles. The fraction of sp³-hybridized carbons (Fsp3) is 0. The van der Waals surface area contributed by atoms with Gasteiger partial charge in [-0.25, -0.2) is 4.98 Å². The van der Waals surface area contributed by atoms with Crippen LogP contribution in [0, 0.1) is 0 Å². The molecule has 4 aromatic heterocycles. The molecule has 8 rings (SSSR count). The van der Waals surface area contributed by atoms with Crippen molar-refractivity contribution in [2.75, 3.05) is 0 Å². The Balaban J connectivity index is 1.55. The van der Waals surface area contributed by atoms with Crippen molar-refractivity contribution in [2.45, 2.75) is 0 Å². The second-order valence-electron chi connectivity index (χ2n) is 9.50. The van der Waals surface area contributed by atoms with Gasteiger partial charge in [-0.3, -0.25) is 4.98 Å². The lowest BCUT2D eigenvalue weighted by Gasteiger charge is -2.14. The standard InChI is InChI=1S/C34H22N4/c1-3-12-23(13-4-1)25-16-7-9-18-27(25)38-29-20-11-21-35-33(29)34-31(38)22-30-32(36-34)26-17-8-10-19-28(26)37(30)24-14-5-2-6-15-24/h1-22H. The van der Waals surface area contributed by atoms with E-state index in [1.54, 1.807) is 0 Å². The molecule has 0 bridgehead atoms. The maximum atomic E-state index is 5.32. The SMILES string of the molecule is c1ccc(-c2ccccc2-n2c3cccnc3c3nc4c5ccccc5n(-c5ccccc5)c4cc32)cc1. The summed E-state index contributed by atoms with van der Waals surface area (Å²) in [5.41, 5.74) is 11.7. The summed E-state index contributed by atoms with van der Waals surface area (Å²) in [5.74, 6) is 0. The summed E-state index contributed by atoms with van der Waals surface area (Å²) in [5, 5.41) is 1.13. The monoisotopic (exact) mass is 486 g/mol. The summed E-state index contributed by atoms with van der Waals surface area (Å²) in [4.78, 5) is 10.1. The molecule has 4 heterocycles. The number of pyridine rings is 2. The van der Waals surface area contributed by atoms with Crippen molar-refractivity contribution in [3.63, 3.8) is 0 Å². The number of fused-ring (bicyclic) bond motifs is 6. The van der Waals surface area contributed by atoms with E-state index < -0.39 is 0 Å². The van der Waals surface area contributed by atoms with E-state index >= 15 is 0 Å². The van der Waals surface area contributed by atoms with Crippen molar-refractivity contribution in [3.8, 4) is 22.5 Å². The molecule has 0 aliphatic rings. The zero-order chi connectivity index (χ0) is 25.1. The van der Waals surface area contributed by atoms with Gasteiger partial charge in [0.05, 0.1) is 33.3 Å². The minimum atomic E-state index is 0.906. The first-order valence-electron chi connectivity index (χ1n) is 12.8. The van der Waals surface area contributed by atoms with Crippen molar-refractivity contribution in [1.29, 1.82) is 0 Å². The molecule has 0 saturated carbocycles. The normalized spacial score (nSPS) is 11.7. The summed E-state index contributed by atoms with van der Waals surface area (Å²) in [7, 11) is 0. The molecule has 0 spiro atoms. The third-order valence-corrected chi connectivity index (χ3v) is 7.36. The number of hydrogen-bond donors (Lipinski definition) is 0. The predicted octanol–water partition coefficient (Wildman–Crippen LogP) is 8.34. The molecular weight excluding hydrogens is 464 g/mol. The number of para-hydroxylation sites is 3. The Labute approximate surface area is 219 Å². The number of rotatable bonds is 3. The lowest BCUT2D eigenvalue weighted by molar-refractivity contribution is 1.16. The van der Waals surface area contributed by atoms with Crippen molar-refractivity contribution >= 4 is 44.0 Å². The first kappa shape index (κ1) is 20.9. The van der Waals surface area contributed by atoms with Gasteiger partial charge in [-0.1, -0.05) is 84.9 Å². The Morgan fingerprint density at radius 1 is 0.474 bits per heavy atom. The minimum Gasteiger partial charge on any atom is -0.308 e. The molecule has 8 aromatic rings. The van der Waals surface area contributed by atoms with E-state index in [2.05, 4.69) is 130 Å². The van der Waals surface area contributed by atoms with Gasteiger partial charge in [-0.05, 0) is 48.0 Å². The highest BCUT2D eigenvalue weighted by molar-refractivity contribution is 6.14. The highest BCUT2D eigenvalue weighted by atomic mass is 15.0. The Hall–Kier alpha value is -5.22. The molecule has 0 aliphatic carbocycles. The highest BCUT2D eigenvalue weighted by Gasteiger charge is 2.21. The molecule has 0 atom stereocenters. The Morgan fingerprint density at radius 2 is 1.16 bits per heavy atom. The lowest BCUT2D eigenvalue weighted by Crippen LogP contribution is -1.98. The number of aromatic nitrogens is 4. The topological polar surface area (TPSA) is 35.6 Å². The summed E-state index contributed by atoms with van der Waals surface area (Å²) < 4.78 is 4.63. The van der Waals surface area contributed by atoms with E-state index in [0.717, 1.165) is 55.4 Å². The second kappa shape index (κ2) is 8.15. The van der Waals surface area contributed by atoms with E-state index in [1.807, 2.05) is 12.3 Å². The smallest absolute Gasteiger partial charge is 0.116 e. The average Bonchev–Trinajstić information content (AvgIpc) is 3.49. The average molecular weight is 487 g/mol. The second-order valence-corrected chi connectivity index (χ2v) is 9.50. The van der Waals surface area contributed by atoms with Crippen molar-refractivity contribution < 1.29 is 0 Å². The Bertz CT molecular complexity index is 2120. The summed E-state index contributed by atoms with van der Waals surface area (Å²) in [6.07, 6.45) is 1.86. The Morgan fingerprint density at radius 3 is 2.03 bits per heavy atom. The van der Waals surface area contributed by atoms with E-state index in [-0.39, 0.29) is 0 Å². The van der Waals surface area contributed by atoms with E-state index in [1.165, 1.54) is 11.1 Å². The first-order chi connectivity index (χ1) is 18.9. The molecule has 0 amide bonds. The van der Waals surface area contributed by atoms with Crippen LogP contribution in [-0.4, -0.2) is 19.1 Å². The zero-order valence-corrected chi connectivity index (χ0v) is 20.5. The van der Waals surface area contributed by atoms with Gasteiger partial charge in [-0.2, -0.15) is 0 Å². The van der Waals surface area contributed by atoms with Crippen LogP contribution in [0.1, 0.15) is 0 Å². The maximum Gasteiger partial charge on any atom is 0.116 e. The Kier molecular flexibility index (Phi) is 4.49. The van der Waals surface area contributed by atoms with Crippen LogP contribution in [0.25, 0.3) is 66.5 Å². The van der Waals surface area contributed by atoms with Crippen LogP contribution in [0.4, 0.5) is 0 Å². The van der Waals surface area contributed by atoms with Crippen LogP contribution in [0.2, 0.25) is 0 Å². The quantitative estimate of drug-likeness (QED) is 0.252. The van der Waals surface area contributed by atoms with Crippen molar-refractivity contribution in [1.82, 2.24) is 19.1 Å². The largest absolute Gasteiger partial charge is 0.308 e. The van der Waals surface area contributed by atoms with Crippen LogP contribution in [0.15, 0.2) is 134 Å². The summed E-state index contributed by atoms with van der Waals surface area (Å²) in [6.45, 7) is 0. The maximum absolute atomic E-state index is 5.32. The molecule has 0 unspecified atom stereocenters. The summed E-state index contributed by atoms with van der Waals surface area (Å²) >= 11 is 0. The van der Waals surface area contributed by atoms with Crippen LogP contribution in [0.5, 0.6) is 0 Å². The van der Waals surface area contributed by atoms with E-state index in [4.69, 9.17) is 9.97 Å². The molecule has 178 valence electrons. The van der Waals surface area contributed by atoms with Crippen molar-refractivity contribution in [2.24, 2.45) is 0 Å². The third-order valence-electron chi connectivity index (χ3n) is 7.36. The van der Waals surface area contributed by atoms with Crippen LogP contribution < -0.4 is 0 Å². The van der Waals surface area contributed by atoms with Crippen molar-refractivity contribution in [3.05, 3.63) is 134 Å². The number of benzene rings is 4. The third kappa shape index (κ3) is 2.98. The number of hydrogen-bond acceptors (Lipinski definition) is 2. The predicted molar refractivity (Wildman–Crippen MR) is 156 cm³/mol. The van der Waals surface area contributed by atoms with Gasteiger partial charge in [0.2, 0.25) is 0 Å².